The van der Waals surface area contributed by atoms with Crippen LogP contribution < -0.4 is 15.5 Å². The van der Waals surface area contributed by atoms with E-state index in [0.29, 0.717) is 6.04 Å². The zero-order chi connectivity index (χ0) is 11.9. The molecule has 1 aliphatic heterocycles. The summed E-state index contributed by atoms with van der Waals surface area (Å²) in [6.07, 6.45) is 3.65. The van der Waals surface area contributed by atoms with Gasteiger partial charge >= 0.3 is 0 Å². The Morgan fingerprint density at radius 1 is 1.35 bits per heavy atom. The van der Waals surface area contributed by atoms with Gasteiger partial charge in [-0.3, -0.25) is 10.3 Å². The number of rotatable bonds is 6. The summed E-state index contributed by atoms with van der Waals surface area (Å²) in [6, 6.07) is 8.41. The molecule has 0 saturated carbocycles. The highest BCUT2D eigenvalue weighted by Crippen LogP contribution is 2.16. The van der Waals surface area contributed by atoms with Gasteiger partial charge in [-0.05, 0) is 50.1 Å². The van der Waals surface area contributed by atoms with E-state index in [-0.39, 0.29) is 0 Å². The Morgan fingerprint density at radius 2 is 2.18 bits per heavy atom. The van der Waals surface area contributed by atoms with Gasteiger partial charge in [0, 0.05) is 6.04 Å². The van der Waals surface area contributed by atoms with Crippen LogP contribution in [0.5, 0.6) is 5.75 Å². The van der Waals surface area contributed by atoms with Crippen LogP contribution in [0.1, 0.15) is 19.3 Å². The summed E-state index contributed by atoms with van der Waals surface area (Å²) < 4.78 is 5.69. The topological polar surface area (TPSA) is 42.5 Å². The van der Waals surface area contributed by atoms with E-state index < -0.39 is 0 Å². The quantitative estimate of drug-likeness (QED) is 0.743. The second-order valence-electron chi connectivity index (χ2n) is 4.26. The van der Waals surface area contributed by atoms with Crippen LogP contribution >= 0.6 is 0 Å². The van der Waals surface area contributed by atoms with Crippen molar-refractivity contribution in [2.24, 2.45) is 0 Å². The number of ether oxygens (including phenoxy) is 1. The molecule has 4 nitrogen and oxygen atoms in total. The van der Waals surface area contributed by atoms with E-state index in [1.54, 1.807) is 7.11 Å². The van der Waals surface area contributed by atoms with Crippen LogP contribution in [-0.2, 0) is 4.84 Å². The second-order valence-corrected chi connectivity index (χ2v) is 4.26. The fourth-order valence-corrected chi connectivity index (χ4v) is 2.06. The highest BCUT2D eigenvalue weighted by Gasteiger charge is 2.13. The lowest BCUT2D eigenvalue weighted by Gasteiger charge is -2.11. The maximum absolute atomic E-state index is 5.69. The molecule has 1 aliphatic rings. The summed E-state index contributed by atoms with van der Waals surface area (Å²) in [5.41, 5.74) is 3.70. The molecule has 0 bridgehead atoms. The molecule has 1 atom stereocenters. The third-order valence-corrected chi connectivity index (χ3v) is 2.97. The standard InChI is InChI=1S/C13H20N2O2/c1-16-15-12-4-6-13(7-5-12)17-10-8-11-3-2-9-14-11/h4-7,11,14-15H,2-3,8-10H2,1H3. The molecular formula is C13H20N2O2. The van der Waals surface area contributed by atoms with Crippen LogP contribution in [0.3, 0.4) is 0 Å². The van der Waals surface area contributed by atoms with Crippen LogP contribution in [-0.4, -0.2) is 26.3 Å². The van der Waals surface area contributed by atoms with Gasteiger partial charge in [0.25, 0.3) is 0 Å². The molecule has 0 amide bonds. The molecule has 4 heteroatoms. The average molecular weight is 236 g/mol. The van der Waals surface area contributed by atoms with Crippen molar-refractivity contribution in [3.05, 3.63) is 24.3 Å². The first-order chi connectivity index (χ1) is 8.38. The number of benzene rings is 1. The summed E-state index contributed by atoms with van der Waals surface area (Å²) in [5, 5.41) is 3.46. The van der Waals surface area contributed by atoms with Gasteiger partial charge < -0.3 is 10.1 Å². The van der Waals surface area contributed by atoms with E-state index in [0.717, 1.165) is 31.0 Å². The maximum Gasteiger partial charge on any atom is 0.119 e. The van der Waals surface area contributed by atoms with Gasteiger partial charge in [0.05, 0.1) is 19.4 Å². The fraction of sp³-hybridized carbons (Fsp3) is 0.538. The first-order valence-electron chi connectivity index (χ1n) is 6.14. The van der Waals surface area contributed by atoms with Crippen molar-refractivity contribution in [1.29, 1.82) is 0 Å². The van der Waals surface area contributed by atoms with Crippen LogP contribution in [0, 0.1) is 0 Å². The molecule has 0 aliphatic carbocycles. The van der Waals surface area contributed by atoms with E-state index >= 15 is 0 Å². The van der Waals surface area contributed by atoms with Crippen molar-refractivity contribution >= 4 is 5.69 Å². The van der Waals surface area contributed by atoms with E-state index in [4.69, 9.17) is 9.57 Å². The summed E-state index contributed by atoms with van der Waals surface area (Å²) in [7, 11) is 1.60. The minimum atomic E-state index is 0.643. The molecule has 2 N–H and O–H groups in total. The second kappa shape index (κ2) is 6.47. The largest absolute Gasteiger partial charge is 0.494 e. The van der Waals surface area contributed by atoms with Crippen LogP contribution in [0.15, 0.2) is 24.3 Å². The summed E-state index contributed by atoms with van der Waals surface area (Å²) in [5.74, 6) is 0.907. The van der Waals surface area contributed by atoms with Crippen LogP contribution in [0.4, 0.5) is 5.69 Å². The van der Waals surface area contributed by atoms with E-state index in [1.165, 1.54) is 12.8 Å². The Hall–Kier alpha value is -1.26. The number of nitrogens with one attached hydrogen (secondary N) is 2. The van der Waals surface area contributed by atoms with Crippen molar-refractivity contribution in [2.45, 2.75) is 25.3 Å². The Kier molecular flexibility index (Phi) is 4.64. The lowest BCUT2D eigenvalue weighted by Crippen LogP contribution is -2.23. The summed E-state index contributed by atoms with van der Waals surface area (Å²) in [4.78, 5) is 4.82. The van der Waals surface area contributed by atoms with Crippen molar-refractivity contribution in [3.63, 3.8) is 0 Å². The van der Waals surface area contributed by atoms with Crippen molar-refractivity contribution in [2.75, 3.05) is 25.7 Å². The SMILES string of the molecule is CONc1ccc(OCCC2CCCN2)cc1. The molecule has 1 aromatic rings. The zero-order valence-electron chi connectivity index (χ0n) is 10.2. The first kappa shape index (κ1) is 12.2. The fourth-order valence-electron chi connectivity index (χ4n) is 2.06. The van der Waals surface area contributed by atoms with Crippen LogP contribution in [0.2, 0.25) is 0 Å². The van der Waals surface area contributed by atoms with Gasteiger partial charge in [0.1, 0.15) is 5.75 Å². The van der Waals surface area contributed by atoms with E-state index in [9.17, 15) is 0 Å². The molecule has 2 rings (SSSR count). The molecule has 94 valence electrons. The third-order valence-electron chi connectivity index (χ3n) is 2.97. The predicted octanol–water partition coefficient (Wildman–Crippen LogP) is 2.18. The molecule has 17 heavy (non-hydrogen) atoms. The maximum atomic E-state index is 5.69. The highest BCUT2D eigenvalue weighted by molar-refractivity contribution is 5.44. The summed E-state index contributed by atoms with van der Waals surface area (Å²) >= 11 is 0. The van der Waals surface area contributed by atoms with E-state index in [2.05, 4.69) is 10.8 Å². The predicted molar refractivity (Wildman–Crippen MR) is 68.2 cm³/mol. The van der Waals surface area contributed by atoms with Gasteiger partial charge in [0.15, 0.2) is 0 Å². The smallest absolute Gasteiger partial charge is 0.119 e. The minimum absolute atomic E-state index is 0.643. The highest BCUT2D eigenvalue weighted by atomic mass is 16.6. The number of anilines is 1. The lowest BCUT2D eigenvalue weighted by molar-refractivity contribution is 0.270. The zero-order valence-corrected chi connectivity index (χ0v) is 10.2. The Bertz CT molecular complexity index is 321. The van der Waals surface area contributed by atoms with Gasteiger partial charge in [-0.15, -0.1) is 0 Å². The minimum Gasteiger partial charge on any atom is -0.494 e. The molecule has 0 spiro atoms. The average Bonchev–Trinajstić information content (AvgIpc) is 2.85. The molecule has 1 saturated heterocycles. The Morgan fingerprint density at radius 3 is 2.82 bits per heavy atom. The molecule has 0 radical (unpaired) electrons. The molecule has 1 unspecified atom stereocenters. The van der Waals surface area contributed by atoms with Crippen molar-refractivity contribution in [3.8, 4) is 5.75 Å². The van der Waals surface area contributed by atoms with Crippen molar-refractivity contribution in [1.82, 2.24) is 5.32 Å². The van der Waals surface area contributed by atoms with Gasteiger partial charge in [0.2, 0.25) is 0 Å². The molecule has 1 aromatic carbocycles. The summed E-state index contributed by atoms with van der Waals surface area (Å²) in [6.45, 7) is 1.93. The number of hydrogen-bond acceptors (Lipinski definition) is 4. The molecule has 1 heterocycles. The lowest BCUT2D eigenvalue weighted by atomic mass is 10.2. The molecular weight excluding hydrogens is 216 g/mol. The molecule has 0 aromatic heterocycles. The van der Waals surface area contributed by atoms with Crippen molar-refractivity contribution < 1.29 is 9.57 Å². The van der Waals surface area contributed by atoms with Crippen LogP contribution in [0.25, 0.3) is 0 Å². The van der Waals surface area contributed by atoms with Gasteiger partial charge in [-0.1, -0.05) is 0 Å². The molecule has 1 fully saturated rings. The van der Waals surface area contributed by atoms with E-state index in [1.807, 2.05) is 24.3 Å². The Balaban J connectivity index is 1.70. The van der Waals surface area contributed by atoms with Gasteiger partial charge in [-0.25, -0.2) is 0 Å². The monoisotopic (exact) mass is 236 g/mol. The normalized spacial score (nSPS) is 19.2. The van der Waals surface area contributed by atoms with Gasteiger partial charge in [-0.2, -0.15) is 0 Å². The first-order valence-corrected chi connectivity index (χ1v) is 6.14. The Labute approximate surface area is 102 Å². The number of hydrogen-bond donors (Lipinski definition) is 2. The third kappa shape index (κ3) is 3.91.